The maximum atomic E-state index is 12.1. The van der Waals surface area contributed by atoms with Crippen LogP contribution >= 0.6 is 0 Å². The molecule has 0 spiro atoms. The van der Waals surface area contributed by atoms with Gasteiger partial charge < -0.3 is 11.1 Å². The second-order valence-electron chi connectivity index (χ2n) is 5.73. The van der Waals surface area contributed by atoms with Crippen molar-refractivity contribution in [2.24, 2.45) is 5.92 Å². The summed E-state index contributed by atoms with van der Waals surface area (Å²) >= 11 is 0. The number of benzene rings is 1. The minimum atomic E-state index is 0.104. The van der Waals surface area contributed by atoms with Crippen molar-refractivity contribution in [1.82, 2.24) is 0 Å². The van der Waals surface area contributed by atoms with Crippen LogP contribution in [-0.2, 0) is 4.79 Å². The fourth-order valence-electron chi connectivity index (χ4n) is 2.85. The summed E-state index contributed by atoms with van der Waals surface area (Å²) in [5, 5.41) is 3.00. The lowest BCUT2D eigenvalue weighted by Gasteiger charge is -2.21. The number of rotatable bonds is 3. The Morgan fingerprint density at radius 2 is 1.95 bits per heavy atom. The summed E-state index contributed by atoms with van der Waals surface area (Å²) in [6.45, 7) is 4.04. The molecule has 1 aliphatic rings. The molecule has 3 heteroatoms. The predicted octanol–water partition coefficient (Wildman–Crippen LogP) is 3.79. The topological polar surface area (TPSA) is 55.1 Å². The van der Waals surface area contributed by atoms with Crippen molar-refractivity contribution in [3.63, 3.8) is 0 Å². The van der Waals surface area contributed by atoms with Gasteiger partial charge in [0.05, 0.1) is 11.4 Å². The van der Waals surface area contributed by atoms with E-state index in [9.17, 15) is 4.79 Å². The van der Waals surface area contributed by atoms with Gasteiger partial charge in [-0.05, 0) is 49.8 Å². The average molecular weight is 260 g/mol. The van der Waals surface area contributed by atoms with Crippen LogP contribution in [0.15, 0.2) is 12.1 Å². The molecule has 0 aliphatic heterocycles. The van der Waals surface area contributed by atoms with Crippen molar-refractivity contribution in [3.8, 4) is 0 Å². The van der Waals surface area contributed by atoms with E-state index in [4.69, 9.17) is 5.73 Å². The summed E-state index contributed by atoms with van der Waals surface area (Å²) in [5.41, 5.74) is 9.62. The largest absolute Gasteiger partial charge is 0.397 e. The molecular weight excluding hydrogens is 236 g/mol. The number of nitrogens with one attached hydrogen (secondary N) is 1. The third-order valence-corrected chi connectivity index (χ3v) is 4.23. The van der Waals surface area contributed by atoms with Gasteiger partial charge >= 0.3 is 0 Å². The van der Waals surface area contributed by atoms with E-state index in [1.54, 1.807) is 0 Å². The molecule has 0 saturated heterocycles. The standard InChI is InChI=1S/C16H24N2O/c1-11-8-9-14(17)16(12(11)2)18-15(19)10-13-6-4-3-5-7-13/h8-9,13H,3-7,10,17H2,1-2H3,(H,18,19). The molecule has 0 atom stereocenters. The lowest BCUT2D eigenvalue weighted by Crippen LogP contribution is -2.19. The molecular formula is C16H24N2O. The lowest BCUT2D eigenvalue weighted by molar-refractivity contribution is -0.117. The number of amides is 1. The van der Waals surface area contributed by atoms with Gasteiger partial charge in [-0.3, -0.25) is 4.79 Å². The average Bonchev–Trinajstić information content (AvgIpc) is 2.40. The molecule has 0 bridgehead atoms. The highest BCUT2D eigenvalue weighted by molar-refractivity contribution is 5.95. The summed E-state index contributed by atoms with van der Waals surface area (Å²) in [6, 6.07) is 3.85. The Bertz CT molecular complexity index is 462. The smallest absolute Gasteiger partial charge is 0.224 e. The SMILES string of the molecule is Cc1ccc(N)c(NC(=O)CC2CCCCC2)c1C. The highest BCUT2D eigenvalue weighted by Gasteiger charge is 2.18. The molecule has 0 heterocycles. The number of anilines is 2. The Kier molecular flexibility index (Phi) is 4.46. The molecule has 0 aromatic heterocycles. The van der Waals surface area contributed by atoms with Crippen LogP contribution in [-0.4, -0.2) is 5.91 Å². The molecule has 1 aromatic carbocycles. The normalized spacial score (nSPS) is 16.3. The summed E-state index contributed by atoms with van der Waals surface area (Å²) in [6.07, 6.45) is 6.87. The molecule has 1 fully saturated rings. The molecule has 3 N–H and O–H groups in total. The second kappa shape index (κ2) is 6.09. The Hall–Kier alpha value is -1.51. The number of carbonyl (C=O) groups excluding carboxylic acids is 1. The molecule has 1 aliphatic carbocycles. The first-order valence-corrected chi connectivity index (χ1v) is 7.23. The van der Waals surface area contributed by atoms with Crippen LogP contribution in [0, 0.1) is 19.8 Å². The Balaban J connectivity index is 2.00. The summed E-state index contributed by atoms with van der Waals surface area (Å²) in [4.78, 5) is 12.1. The van der Waals surface area contributed by atoms with E-state index in [-0.39, 0.29) is 5.91 Å². The Morgan fingerprint density at radius 1 is 1.26 bits per heavy atom. The zero-order valence-corrected chi connectivity index (χ0v) is 12.0. The molecule has 1 amide bonds. The molecule has 0 unspecified atom stereocenters. The van der Waals surface area contributed by atoms with E-state index in [0.717, 1.165) is 16.8 Å². The molecule has 1 saturated carbocycles. The van der Waals surface area contributed by atoms with Gasteiger partial charge in [0.2, 0.25) is 5.91 Å². The van der Waals surface area contributed by atoms with Crippen LogP contribution in [0.2, 0.25) is 0 Å². The van der Waals surface area contributed by atoms with Crippen LogP contribution in [0.1, 0.15) is 49.7 Å². The van der Waals surface area contributed by atoms with Crippen LogP contribution in [0.5, 0.6) is 0 Å². The number of nitrogens with two attached hydrogens (primary N) is 1. The van der Waals surface area contributed by atoms with Gasteiger partial charge in [-0.2, -0.15) is 0 Å². The quantitative estimate of drug-likeness (QED) is 0.812. The zero-order chi connectivity index (χ0) is 13.8. The molecule has 104 valence electrons. The predicted molar refractivity (Wildman–Crippen MR) is 80.2 cm³/mol. The fraction of sp³-hybridized carbons (Fsp3) is 0.562. The molecule has 0 radical (unpaired) electrons. The van der Waals surface area contributed by atoms with Gasteiger partial charge in [0.25, 0.3) is 0 Å². The molecule has 1 aromatic rings. The van der Waals surface area contributed by atoms with E-state index in [0.29, 0.717) is 18.0 Å². The highest BCUT2D eigenvalue weighted by Crippen LogP contribution is 2.29. The van der Waals surface area contributed by atoms with Gasteiger partial charge in [-0.1, -0.05) is 25.3 Å². The van der Waals surface area contributed by atoms with E-state index < -0.39 is 0 Å². The van der Waals surface area contributed by atoms with E-state index >= 15 is 0 Å². The highest BCUT2D eigenvalue weighted by atomic mass is 16.1. The van der Waals surface area contributed by atoms with Crippen LogP contribution in [0.4, 0.5) is 11.4 Å². The zero-order valence-electron chi connectivity index (χ0n) is 12.0. The van der Waals surface area contributed by atoms with Crippen molar-refractivity contribution >= 4 is 17.3 Å². The van der Waals surface area contributed by atoms with Gasteiger partial charge in [-0.15, -0.1) is 0 Å². The fourth-order valence-corrected chi connectivity index (χ4v) is 2.85. The van der Waals surface area contributed by atoms with Crippen LogP contribution in [0.25, 0.3) is 0 Å². The number of aryl methyl sites for hydroxylation is 1. The molecule has 3 nitrogen and oxygen atoms in total. The second-order valence-corrected chi connectivity index (χ2v) is 5.73. The van der Waals surface area contributed by atoms with Gasteiger partial charge in [-0.25, -0.2) is 0 Å². The maximum Gasteiger partial charge on any atom is 0.224 e. The van der Waals surface area contributed by atoms with Crippen molar-refractivity contribution in [3.05, 3.63) is 23.3 Å². The van der Waals surface area contributed by atoms with Crippen molar-refractivity contribution in [1.29, 1.82) is 0 Å². The van der Waals surface area contributed by atoms with Crippen molar-refractivity contribution in [2.45, 2.75) is 52.4 Å². The Morgan fingerprint density at radius 3 is 2.63 bits per heavy atom. The lowest BCUT2D eigenvalue weighted by atomic mass is 9.87. The first-order chi connectivity index (χ1) is 9.08. The third kappa shape index (κ3) is 3.49. The summed E-state index contributed by atoms with van der Waals surface area (Å²) in [7, 11) is 0. The summed E-state index contributed by atoms with van der Waals surface area (Å²) in [5.74, 6) is 0.660. The number of hydrogen-bond acceptors (Lipinski definition) is 2. The van der Waals surface area contributed by atoms with Crippen molar-refractivity contribution in [2.75, 3.05) is 11.1 Å². The van der Waals surface area contributed by atoms with Gasteiger partial charge in [0.15, 0.2) is 0 Å². The van der Waals surface area contributed by atoms with Crippen LogP contribution < -0.4 is 11.1 Å². The molecule has 2 rings (SSSR count). The Labute approximate surface area is 115 Å². The third-order valence-electron chi connectivity index (χ3n) is 4.23. The number of nitrogen functional groups attached to an aromatic ring is 1. The number of hydrogen-bond donors (Lipinski definition) is 2. The maximum absolute atomic E-state index is 12.1. The number of carbonyl (C=O) groups is 1. The first kappa shape index (κ1) is 13.9. The van der Waals surface area contributed by atoms with Gasteiger partial charge in [0, 0.05) is 6.42 Å². The molecule has 19 heavy (non-hydrogen) atoms. The summed E-state index contributed by atoms with van der Waals surface area (Å²) < 4.78 is 0. The minimum Gasteiger partial charge on any atom is -0.397 e. The van der Waals surface area contributed by atoms with E-state index in [2.05, 4.69) is 5.32 Å². The van der Waals surface area contributed by atoms with Crippen molar-refractivity contribution < 1.29 is 4.79 Å². The van der Waals surface area contributed by atoms with E-state index in [1.165, 1.54) is 32.1 Å². The minimum absolute atomic E-state index is 0.104. The van der Waals surface area contributed by atoms with E-state index in [1.807, 2.05) is 26.0 Å². The monoisotopic (exact) mass is 260 g/mol. The van der Waals surface area contributed by atoms with Crippen LogP contribution in [0.3, 0.4) is 0 Å². The van der Waals surface area contributed by atoms with Gasteiger partial charge in [0.1, 0.15) is 0 Å². The first-order valence-electron chi connectivity index (χ1n) is 7.23.